The summed E-state index contributed by atoms with van der Waals surface area (Å²) in [4.78, 5) is 11.6. The van der Waals surface area contributed by atoms with Crippen LogP contribution in [0, 0.1) is 0 Å². The van der Waals surface area contributed by atoms with Crippen molar-refractivity contribution in [3.05, 3.63) is 35.4 Å². The van der Waals surface area contributed by atoms with E-state index in [1.54, 1.807) is 7.11 Å². The number of alkyl halides is 2. The molecule has 2 aromatic heterocycles. The molecule has 0 amide bonds. The van der Waals surface area contributed by atoms with Gasteiger partial charge in [-0.3, -0.25) is 0 Å². The molecule has 166 valence electrons. The van der Waals surface area contributed by atoms with E-state index in [0.717, 1.165) is 60.2 Å². The molecular formula is C20H25Cl5N4O. The number of aromatic nitrogens is 2. The lowest BCUT2D eigenvalue weighted by atomic mass is 10.1. The fraction of sp³-hybridized carbons (Fsp3) is 0.400. The fourth-order valence-corrected chi connectivity index (χ4v) is 3.80. The van der Waals surface area contributed by atoms with E-state index in [9.17, 15) is 0 Å². The van der Waals surface area contributed by atoms with Crippen LogP contribution >= 0.6 is 59.6 Å². The number of hydrogen-bond acceptors (Lipinski definition) is 5. The van der Waals surface area contributed by atoms with Gasteiger partial charge in [-0.1, -0.05) is 11.6 Å². The van der Waals surface area contributed by atoms with Crippen LogP contribution in [0.5, 0.6) is 5.88 Å². The number of benzene rings is 1. The summed E-state index contributed by atoms with van der Waals surface area (Å²) in [6, 6.07) is 9.43. The summed E-state index contributed by atoms with van der Waals surface area (Å²) in [5.41, 5.74) is 3.36. The number of ether oxygens (including phenoxy) is 1. The highest BCUT2D eigenvalue weighted by Crippen LogP contribution is 2.32. The molecule has 1 aromatic carbocycles. The quantitative estimate of drug-likeness (QED) is 0.208. The van der Waals surface area contributed by atoms with Gasteiger partial charge in [-0.2, -0.15) is 0 Å². The standard InChI is InChI=1S/C20H23Cl3N4O.2ClH/c1-28-18-6-5-16-20(26-18)19(15-4-3-14(23)13-17(15)25-16)24-9-2-10-27(11-7-21)12-8-22;;/h3-6,13H,2,7-12H2,1H3,(H,24,25);2*1H. The van der Waals surface area contributed by atoms with Crippen molar-refractivity contribution in [2.45, 2.75) is 6.42 Å². The van der Waals surface area contributed by atoms with Gasteiger partial charge in [0.1, 0.15) is 5.52 Å². The lowest BCUT2D eigenvalue weighted by molar-refractivity contribution is 0.306. The van der Waals surface area contributed by atoms with Crippen molar-refractivity contribution in [2.24, 2.45) is 0 Å². The number of pyridine rings is 2. The van der Waals surface area contributed by atoms with Gasteiger partial charge in [-0.15, -0.1) is 48.0 Å². The number of anilines is 1. The highest BCUT2D eigenvalue weighted by atomic mass is 35.5. The average Bonchev–Trinajstić information content (AvgIpc) is 2.70. The first-order valence-electron chi connectivity index (χ1n) is 9.18. The number of halogens is 5. The van der Waals surface area contributed by atoms with Crippen molar-refractivity contribution in [1.82, 2.24) is 14.9 Å². The molecule has 0 atom stereocenters. The predicted molar refractivity (Wildman–Crippen MR) is 134 cm³/mol. The molecule has 0 spiro atoms. The van der Waals surface area contributed by atoms with Gasteiger partial charge in [0.2, 0.25) is 5.88 Å². The normalized spacial score (nSPS) is 10.7. The zero-order chi connectivity index (χ0) is 19.9. The van der Waals surface area contributed by atoms with Crippen LogP contribution in [0.3, 0.4) is 0 Å². The topological polar surface area (TPSA) is 50.3 Å². The van der Waals surface area contributed by atoms with Crippen molar-refractivity contribution in [2.75, 3.05) is 50.4 Å². The van der Waals surface area contributed by atoms with Gasteiger partial charge in [0.25, 0.3) is 0 Å². The molecule has 3 aromatic rings. The predicted octanol–water partition coefficient (Wildman–Crippen LogP) is 5.87. The Labute approximate surface area is 204 Å². The lowest BCUT2D eigenvalue weighted by Crippen LogP contribution is -2.30. The van der Waals surface area contributed by atoms with Crippen LogP contribution < -0.4 is 10.1 Å². The third-order valence-corrected chi connectivity index (χ3v) is 5.09. The molecule has 5 nitrogen and oxygen atoms in total. The van der Waals surface area contributed by atoms with E-state index in [2.05, 4.69) is 15.2 Å². The summed E-state index contributed by atoms with van der Waals surface area (Å²) >= 11 is 17.9. The van der Waals surface area contributed by atoms with Crippen LogP contribution in [-0.2, 0) is 0 Å². The Balaban J connectivity index is 0.00000225. The van der Waals surface area contributed by atoms with Crippen LogP contribution in [0.1, 0.15) is 6.42 Å². The van der Waals surface area contributed by atoms with Crippen LogP contribution in [0.4, 0.5) is 5.69 Å². The molecule has 0 radical (unpaired) electrons. The molecule has 3 rings (SSSR count). The van der Waals surface area contributed by atoms with Crippen LogP contribution in [-0.4, -0.2) is 59.9 Å². The van der Waals surface area contributed by atoms with E-state index < -0.39 is 0 Å². The minimum atomic E-state index is 0. The lowest BCUT2D eigenvalue weighted by Gasteiger charge is -2.20. The Morgan fingerprint density at radius 2 is 1.70 bits per heavy atom. The van der Waals surface area contributed by atoms with Crippen molar-refractivity contribution < 1.29 is 4.74 Å². The van der Waals surface area contributed by atoms with Gasteiger partial charge in [0, 0.05) is 47.9 Å². The fourth-order valence-electron chi connectivity index (χ4n) is 3.16. The van der Waals surface area contributed by atoms with Gasteiger partial charge in [0.15, 0.2) is 0 Å². The zero-order valence-corrected chi connectivity index (χ0v) is 20.4. The Hall–Kier alpha value is -0.950. The second-order valence-electron chi connectivity index (χ2n) is 6.37. The number of rotatable bonds is 10. The van der Waals surface area contributed by atoms with E-state index in [-0.39, 0.29) is 24.8 Å². The summed E-state index contributed by atoms with van der Waals surface area (Å²) in [5.74, 6) is 1.77. The molecule has 30 heavy (non-hydrogen) atoms. The van der Waals surface area contributed by atoms with Gasteiger partial charge < -0.3 is 15.0 Å². The minimum absolute atomic E-state index is 0. The molecule has 1 N–H and O–H groups in total. The second-order valence-corrected chi connectivity index (χ2v) is 7.56. The smallest absolute Gasteiger partial charge is 0.213 e. The van der Waals surface area contributed by atoms with Gasteiger partial charge >= 0.3 is 0 Å². The van der Waals surface area contributed by atoms with E-state index >= 15 is 0 Å². The summed E-state index contributed by atoms with van der Waals surface area (Å²) in [6.45, 7) is 3.39. The maximum Gasteiger partial charge on any atom is 0.213 e. The largest absolute Gasteiger partial charge is 0.481 e. The number of methoxy groups -OCH3 is 1. The molecule has 10 heteroatoms. The first-order chi connectivity index (χ1) is 13.7. The van der Waals surface area contributed by atoms with E-state index in [0.29, 0.717) is 22.7 Å². The van der Waals surface area contributed by atoms with Crippen molar-refractivity contribution >= 4 is 87.2 Å². The second kappa shape index (κ2) is 13.5. The highest BCUT2D eigenvalue weighted by Gasteiger charge is 2.12. The third-order valence-electron chi connectivity index (χ3n) is 4.52. The van der Waals surface area contributed by atoms with Crippen molar-refractivity contribution in [3.63, 3.8) is 0 Å². The SMILES string of the molecule is COc1ccc2nc3cc(Cl)ccc3c(NCCCN(CCCl)CCCl)c2n1.Cl.Cl. The molecule has 0 aliphatic rings. The molecular weight excluding hydrogens is 490 g/mol. The highest BCUT2D eigenvalue weighted by molar-refractivity contribution is 6.31. The summed E-state index contributed by atoms with van der Waals surface area (Å²) in [6.07, 6.45) is 0.955. The van der Waals surface area contributed by atoms with Gasteiger partial charge in [0.05, 0.1) is 23.8 Å². The van der Waals surface area contributed by atoms with Crippen molar-refractivity contribution in [3.8, 4) is 5.88 Å². The molecule has 0 saturated carbocycles. The zero-order valence-electron chi connectivity index (χ0n) is 16.5. The summed E-state index contributed by atoms with van der Waals surface area (Å²) in [7, 11) is 1.61. The Kier molecular flexibility index (Phi) is 12.2. The molecule has 0 saturated heterocycles. The van der Waals surface area contributed by atoms with Crippen LogP contribution in [0.15, 0.2) is 30.3 Å². The molecule has 0 bridgehead atoms. The Morgan fingerprint density at radius 3 is 2.37 bits per heavy atom. The number of nitrogens with one attached hydrogen (secondary N) is 1. The number of nitrogens with zero attached hydrogens (tertiary/aromatic N) is 3. The first kappa shape index (κ1) is 27.1. The van der Waals surface area contributed by atoms with E-state index in [1.807, 2.05) is 30.3 Å². The molecule has 0 aliphatic heterocycles. The molecule has 0 fully saturated rings. The Morgan fingerprint density at radius 1 is 0.967 bits per heavy atom. The van der Waals surface area contributed by atoms with E-state index in [1.165, 1.54) is 0 Å². The first-order valence-corrected chi connectivity index (χ1v) is 10.6. The summed E-state index contributed by atoms with van der Waals surface area (Å²) < 4.78 is 5.30. The third kappa shape index (κ3) is 6.78. The van der Waals surface area contributed by atoms with Gasteiger partial charge in [-0.05, 0) is 37.2 Å². The van der Waals surface area contributed by atoms with Gasteiger partial charge in [-0.25, -0.2) is 9.97 Å². The number of fused-ring (bicyclic) bond motifs is 2. The van der Waals surface area contributed by atoms with Crippen molar-refractivity contribution in [1.29, 1.82) is 0 Å². The Bertz CT molecular complexity index is 938. The van der Waals surface area contributed by atoms with Crippen LogP contribution in [0.2, 0.25) is 5.02 Å². The van der Waals surface area contributed by atoms with Crippen LogP contribution in [0.25, 0.3) is 21.9 Å². The number of hydrogen-bond donors (Lipinski definition) is 1. The monoisotopic (exact) mass is 512 g/mol. The summed E-state index contributed by atoms with van der Waals surface area (Å²) in [5, 5.41) is 5.19. The average molecular weight is 515 g/mol. The maximum atomic E-state index is 6.17. The molecule has 0 aliphatic carbocycles. The van der Waals surface area contributed by atoms with E-state index in [4.69, 9.17) is 44.5 Å². The maximum absolute atomic E-state index is 6.17. The molecule has 0 unspecified atom stereocenters. The molecule has 2 heterocycles. The minimum Gasteiger partial charge on any atom is -0.481 e.